The van der Waals surface area contributed by atoms with E-state index >= 15 is 0 Å². The molecule has 0 amide bonds. The van der Waals surface area contributed by atoms with Crippen molar-refractivity contribution >= 4 is 36.9 Å². The van der Waals surface area contributed by atoms with Crippen molar-refractivity contribution in [2.75, 3.05) is 26.2 Å². The second-order valence-electron chi connectivity index (χ2n) is 8.94. The quantitative estimate of drug-likeness (QED) is 0.336. The van der Waals surface area contributed by atoms with Crippen LogP contribution in [0.3, 0.4) is 0 Å². The van der Waals surface area contributed by atoms with Crippen LogP contribution in [0.2, 0.25) is 0 Å². The smallest absolute Gasteiger partial charge is 0.269 e. The fourth-order valence-corrected chi connectivity index (χ4v) is 7.20. The van der Waals surface area contributed by atoms with Crippen LogP contribution < -0.4 is 0 Å². The Bertz CT molecular complexity index is 1410. The van der Waals surface area contributed by atoms with Gasteiger partial charge in [-0.25, -0.2) is 12.4 Å². The molecule has 1 aliphatic heterocycles. The number of rotatable bonds is 6. The van der Waals surface area contributed by atoms with E-state index in [0.717, 1.165) is 55.8 Å². The van der Waals surface area contributed by atoms with Gasteiger partial charge in [-0.05, 0) is 57.7 Å². The first kappa shape index (κ1) is 23.3. The van der Waals surface area contributed by atoms with Crippen molar-refractivity contribution in [3.05, 3.63) is 100 Å². The number of fused-ring (bicyclic) bond motifs is 1. The highest BCUT2D eigenvalue weighted by atomic mass is 79.9. The Kier molecular flexibility index (Phi) is 6.62. The van der Waals surface area contributed by atoms with Gasteiger partial charge in [-0.15, -0.1) is 0 Å². The summed E-state index contributed by atoms with van der Waals surface area (Å²) < 4.78 is 29.3. The number of hydrogen-bond donors (Lipinski definition) is 0. The molecule has 0 unspecified atom stereocenters. The van der Waals surface area contributed by atoms with E-state index in [0.29, 0.717) is 9.99 Å². The second kappa shape index (κ2) is 9.66. The lowest BCUT2D eigenvalue weighted by molar-refractivity contribution is 0.122. The topological polar surface area (TPSA) is 45.6 Å². The molecule has 0 radical (unpaired) electrons. The third-order valence-corrected chi connectivity index (χ3v) is 9.14. The lowest BCUT2D eigenvalue weighted by Gasteiger charge is -2.34. The van der Waals surface area contributed by atoms with Crippen molar-refractivity contribution in [1.82, 2.24) is 13.8 Å². The number of piperazine rings is 1. The van der Waals surface area contributed by atoms with Gasteiger partial charge in [-0.1, -0.05) is 54.6 Å². The molecule has 176 valence electrons. The van der Waals surface area contributed by atoms with Gasteiger partial charge in [-0.2, -0.15) is 0 Å². The first-order chi connectivity index (χ1) is 16.4. The monoisotopic (exact) mass is 537 g/mol. The van der Waals surface area contributed by atoms with Crippen molar-refractivity contribution in [2.24, 2.45) is 0 Å². The van der Waals surface area contributed by atoms with E-state index in [-0.39, 0.29) is 4.90 Å². The zero-order chi connectivity index (χ0) is 23.7. The number of aromatic nitrogens is 1. The Morgan fingerprint density at radius 3 is 2.18 bits per heavy atom. The minimum absolute atomic E-state index is 0.278. The van der Waals surface area contributed by atoms with Gasteiger partial charge in [0.15, 0.2) is 0 Å². The van der Waals surface area contributed by atoms with Gasteiger partial charge in [0.05, 0.1) is 5.52 Å². The first-order valence-electron chi connectivity index (χ1n) is 11.5. The number of aryl methyl sites for hydroxylation is 1. The molecule has 1 fully saturated rings. The van der Waals surface area contributed by atoms with Crippen molar-refractivity contribution in [3.8, 4) is 0 Å². The lowest BCUT2D eigenvalue weighted by atomic mass is 10.1. The maximum absolute atomic E-state index is 13.6. The van der Waals surface area contributed by atoms with Crippen LogP contribution in [0.15, 0.2) is 88.4 Å². The molecule has 0 aliphatic carbocycles. The molecule has 5 nitrogen and oxygen atoms in total. The number of para-hydroxylation sites is 1. The fraction of sp³-hybridized carbons (Fsp3) is 0.259. The molecule has 1 saturated heterocycles. The Hall–Kier alpha value is -2.45. The minimum atomic E-state index is -3.73. The van der Waals surface area contributed by atoms with Crippen LogP contribution in [0.5, 0.6) is 0 Å². The minimum Gasteiger partial charge on any atom is -0.297 e. The zero-order valence-corrected chi connectivity index (χ0v) is 21.6. The van der Waals surface area contributed by atoms with Crippen molar-refractivity contribution in [2.45, 2.75) is 24.9 Å². The third-order valence-electron chi connectivity index (χ3n) is 6.49. The Balaban J connectivity index is 1.37. The van der Waals surface area contributed by atoms with Crippen LogP contribution in [0.4, 0.5) is 0 Å². The van der Waals surface area contributed by atoms with Gasteiger partial charge >= 0.3 is 0 Å². The van der Waals surface area contributed by atoms with E-state index in [4.69, 9.17) is 0 Å². The standard InChI is InChI=1S/C27H28BrN3O2S/c1-21-11-12-27(25(28)17-21)34(32,33)31-20-23(24-9-5-6-10-26(24)31)19-30-15-13-29(14-16-30)18-22-7-3-2-4-8-22/h2-12,17,20H,13-16,18-19H2,1H3. The SMILES string of the molecule is Cc1ccc(S(=O)(=O)n2cc(CN3CCN(Cc4ccccc4)CC3)c3ccccc32)c(Br)c1. The summed E-state index contributed by atoms with van der Waals surface area (Å²) >= 11 is 3.45. The molecule has 5 rings (SSSR count). The lowest BCUT2D eigenvalue weighted by Crippen LogP contribution is -2.45. The molecular weight excluding hydrogens is 510 g/mol. The van der Waals surface area contributed by atoms with Gasteiger partial charge in [0.1, 0.15) is 4.90 Å². The van der Waals surface area contributed by atoms with Crippen LogP contribution in [0, 0.1) is 6.92 Å². The van der Waals surface area contributed by atoms with E-state index in [9.17, 15) is 8.42 Å². The number of hydrogen-bond acceptors (Lipinski definition) is 4. The van der Waals surface area contributed by atoms with Gasteiger partial charge < -0.3 is 0 Å². The van der Waals surface area contributed by atoms with E-state index in [1.54, 1.807) is 6.07 Å². The summed E-state index contributed by atoms with van der Waals surface area (Å²) in [5, 5.41) is 0.987. The number of nitrogens with zero attached hydrogens (tertiary/aromatic N) is 3. The molecule has 1 aliphatic rings. The van der Waals surface area contributed by atoms with Crippen LogP contribution in [-0.2, 0) is 23.1 Å². The molecule has 0 bridgehead atoms. The van der Waals surface area contributed by atoms with Gasteiger partial charge in [0, 0.05) is 55.3 Å². The molecule has 0 saturated carbocycles. The molecule has 34 heavy (non-hydrogen) atoms. The Labute approximate surface area is 209 Å². The maximum atomic E-state index is 13.6. The molecule has 4 aromatic rings. The van der Waals surface area contributed by atoms with E-state index in [1.807, 2.05) is 49.5 Å². The second-order valence-corrected chi connectivity index (χ2v) is 11.6. The average molecular weight is 539 g/mol. The molecule has 3 aromatic carbocycles. The molecule has 1 aromatic heterocycles. The predicted octanol–water partition coefficient (Wildman–Crippen LogP) is 5.27. The highest BCUT2D eigenvalue weighted by Gasteiger charge is 2.25. The Morgan fingerprint density at radius 1 is 0.824 bits per heavy atom. The van der Waals surface area contributed by atoms with Crippen LogP contribution >= 0.6 is 15.9 Å². The molecule has 0 atom stereocenters. The molecular formula is C27H28BrN3O2S. The van der Waals surface area contributed by atoms with Crippen LogP contribution in [0.25, 0.3) is 10.9 Å². The highest BCUT2D eigenvalue weighted by molar-refractivity contribution is 9.10. The zero-order valence-electron chi connectivity index (χ0n) is 19.2. The third kappa shape index (κ3) is 4.70. The molecule has 0 N–H and O–H groups in total. The van der Waals surface area contributed by atoms with E-state index < -0.39 is 10.0 Å². The van der Waals surface area contributed by atoms with Crippen molar-refractivity contribution in [3.63, 3.8) is 0 Å². The summed E-state index contributed by atoms with van der Waals surface area (Å²) in [6.07, 6.45) is 1.81. The molecule has 7 heteroatoms. The predicted molar refractivity (Wildman–Crippen MR) is 140 cm³/mol. The maximum Gasteiger partial charge on any atom is 0.269 e. The summed E-state index contributed by atoms with van der Waals surface area (Å²) in [4.78, 5) is 5.18. The first-order valence-corrected chi connectivity index (χ1v) is 13.7. The summed E-state index contributed by atoms with van der Waals surface area (Å²) in [5.74, 6) is 0. The highest BCUT2D eigenvalue weighted by Crippen LogP contribution is 2.30. The van der Waals surface area contributed by atoms with Gasteiger partial charge in [0.2, 0.25) is 0 Å². The molecule has 2 heterocycles. The summed E-state index contributed by atoms with van der Waals surface area (Å²) in [6.45, 7) is 7.58. The average Bonchev–Trinajstić information content (AvgIpc) is 3.20. The summed E-state index contributed by atoms with van der Waals surface area (Å²) in [7, 11) is -3.73. The van der Waals surface area contributed by atoms with E-state index in [1.165, 1.54) is 9.54 Å². The number of benzene rings is 3. The number of halogens is 1. The van der Waals surface area contributed by atoms with Gasteiger partial charge in [0.25, 0.3) is 10.0 Å². The Morgan fingerprint density at radius 2 is 1.47 bits per heavy atom. The van der Waals surface area contributed by atoms with Crippen molar-refractivity contribution in [1.29, 1.82) is 0 Å². The summed E-state index contributed by atoms with van der Waals surface area (Å²) in [5.41, 5.74) is 4.10. The van der Waals surface area contributed by atoms with E-state index in [2.05, 4.69) is 56.1 Å². The molecule has 0 spiro atoms. The largest absolute Gasteiger partial charge is 0.297 e. The normalized spacial score (nSPS) is 15.7. The fourth-order valence-electron chi connectivity index (χ4n) is 4.65. The van der Waals surface area contributed by atoms with Gasteiger partial charge in [-0.3, -0.25) is 9.80 Å². The van der Waals surface area contributed by atoms with Crippen LogP contribution in [0.1, 0.15) is 16.7 Å². The summed E-state index contributed by atoms with van der Waals surface area (Å²) in [6, 6.07) is 23.7. The van der Waals surface area contributed by atoms with Crippen LogP contribution in [-0.4, -0.2) is 48.4 Å². The van der Waals surface area contributed by atoms with Crippen molar-refractivity contribution < 1.29 is 8.42 Å².